The molecule has 0 aliphatic carbocycles. The standard InChI is InChI=1S/C32H12BF24.C6H7FNO/c34-25(35,36)13-1-14(26(37,38)39)6-21(5-13)33(22-7-15(27(40,41)42)2-16(8-22)28(43,44)45,23-9-17(29(46,47)48)3-18(10-23)30(49,50)51)24-11-19(31(52,53)54)4-20(12-24)32(55,56)57;7-6-9-8-4-2-1-3-5-8/h1-12H;1-5H,6H2/q-1;+1. The molecule has 360 valence electrons. The number of hydrogen-bond donors (Lipinski definition) is 0. The highest BCUT2D eigenvalue weighted by Crippen LogP contribution is 2.41. The molecule has 0 amide bonds. The molecular weight excluding hydrogens is 972 g/mol. The molecule has 5 aromatic rings. The van der Waals surface area contributed by atoms with Gasteiger partial charge in [-0.25, -0.2) is 4.84 Å². The second kappa shape index (κ2) is 17.7. The average Bonchev–Trinajstić information content (AvgIpc) is 3.16. The first-order valence-corrected chi connectivity index (χ1v) is 17.2. The van der Waals surface area contributed by atoms with Crippen LogP contribution in [-0.2, 0) is 49.4 Å². The largest absolute Gasteiger partial charge is 0.416 e. The second-order valence-electron chi connectivity index (χ2n) is 13.7. The zero-order valence-electron chi connectivity index (χ0n) is 31.4. The first-order chi connectivity index (χ1) is 29.7. The minimum Gasteiger partial charge on any atom is -0.238 e. The van der Waals surface area contributed by atoms with E-state index in [0.29, 0.717) is 0 Å². The Kier molecular flexibility index (Phi) is 14.2. The molecule has 0 saturated heterocycles. The van der Waals surface area contributed by atoms with Gasteiger partial charge in [0.05, 0.1) is 44.5 Å². The van der Waals surface area contributed by atoms with E-state index in [9.17, 15) is 110 Å². The molecule has 28 heteroatoms. The summed E-state index contributed by atoms with van der Waals surface area (Å²) < 4.78 is 354. The number of rotatable bonds is 6. The minimum absolute atomic E-state index is 0.691. The van der Waals surface area contributed by atoms with Gasteiger partial charge in [0.15, 0.2) is 0 Å². The lowest BCUT2D eigenvalue weighted by Gasteiger charge is -2.46. The second-order valence-corrected chi connectivity index (χ2v) is 13.7. The topological polar surface area (TPSA) is 13.1 Å². The number of pyridine rings is 1. The normalized spacial score (nSPS) is 13.6. The zero-order chi connectivity index (χ0) is 50.4. The number of halogens is 25. The highest BCUT2D eigenvalue weighted by Gasteiger charge is 2.47. The molecule has 0 radical (unpaired) electrons. The van der Waals surface area contributed by atoms with Gasteiger partial charge in [0, 0.05) is 16.9 Å². The van der Waals surface area contributed by atoms with Crippen LogP contribution in [0.1, 0.15) is 44.5 Å². The van der Waals surface area contributed by atoms with Crippen LogP contribution in [0.5, 0.6) is 0 Å². The molecular formula is C38H19BF25NO. The Hall–Kier alpha value is -5.86. The maximum atomic E-state index is 14.2. The smallest absolute Gasteiger partial charge is 0.238 e. The van der Waals surface area contributed by atoms with E-state index in [1.165, 1.54) is 4.73 Å². The summed E-state index contributed by atoms with van der Waals surface area (Å²) in [4.78, 5) is 4.46. The number of alkyl halides is 25. The Morgan fingerprint density at radius 1 is 0.303 bits per heavy atom. The van der Waals surface area contributed by atoms with E-state index >= 15 is 0 Å². The van der Waals surface area contributed by atoms with Crippen molar-refractivity contribution >= 4 is 28.0 Å². The van der Waals surface area contributed by atoms with Crippen LogP contribution in [0.2, 0.25) is 0 Å². The van der Waals surface area contributed by atoms with Crippen molar-refractivity contribution in [3.63, 3.8) is 0 Å². The fraction of sp³-hybridized carbons (Fsp3) is 0.237. The van der Waals surface area contributed by atoms with Gasteiger partial charge in [0.2, 0.25) is 12.4 Å². The Balaban J connectivity index is 0.000000942. The first kappa shape index (κ1) is 52.8. The quantitative estimate of drug-likeness (QED) is 0.0939. The van der Waals surface area contributed by atoms with Crippen molar-refractivity contribution < 1.29 is 119 Å². The van der Waals surface area contributed by atoms with Crippen LogP contribution in [0.25, 0.3) is 0 Å². The van der Waals surface area contributed by atoms with Crippen LogP contribution < -0.4 is 31.4 Å². The molecule has 0 fully saturated rings. The molecule has 0 unspecified atom stereocenters. The maximum absolute atomic E-state index is 14.2. The summed E-state index contributed by atoms with van der Waals surface area (Å²) >= 11 is 0. The van der Waals surface area contributed by atoms with Crippen molar-refractivity contribution in [1.29, 1.82) is 0 Å². The highest BCUT2D eigenvalue weighted by molar-refractivity contribution is 7.20. The number of aromatic nitrogens is 1. The van der Waals surface area contributed by atoms with E-state index in [4.69, 9.17) is 0 Å². The lowest BCUT2D eigenvalue weighted by atomic mass is 9.12. The van der Waals surface area contributed by atoms with Gasteiger partial charge in [0.1, 0.15) is 6.15 Å². The third kappa shape index (κ3) is 12.1. The molecule has 66 heavy (non-hydrogen) atoms. The molecule has 0 bridgehead atoms. The lowest BCUT2D eigenvalue weighted by Crippen LogP contribution is -2.75. The molecule has 0 atom stereocenters. The molecule has 2 nitrogen and oxygen atoms in total. The molecule has 0 aliphatic rings. The predicted octanol–water partition coefficient (Wildman–Crippen LogP) is 11.5. The summed E-state index contributed by atoms with van der Waals surface area (Å²) in [7, 11) is 0. The van der Waals surface area contributed by atoms with Crippen LogP contribution in [0.3, 0.4) is 0 Å². The van der Waals surface area contributed by atoms with E-state index in [1.54, 1.807) is 24.5 Å². The molecule has 0 spiro atoms. The van der Waals surface area contributed by atoms with Crippen LogP contribution >= 0.6 is 0 Å². The molecule has 5 rings (SSSR count). The van der Waals surface area contributed by atoms with Crippen LogP contribution in [0.15, 0.2) is 103 Å². The molecule has 4 aromatic carbocycles. The van der Waals surface area contributed by atoms with E-state index in [0.717, 1.165) is 0 Å². The van der Waals surface area contributed by atoms with Gasteiger partial charge < -0.3 is 0 Å². The minimum atomic E-state index is -6.13. The Morgan fingerprint density at radius 3 is 0.636 bits per heavy atom. The van der Waals surface area contributed by atoms with Crippen LogP contribution in [0.4, 0.5) is 110 Å². The summed E-state index contributed by atoms with van der Waals surface area (Å²) in [5.74, 6) is 0. The molecule has 1 heterocycles. The molecule has 0 aliphatic heterocycles. The van der Waals surface area contributed by atoms with E-state index < -0.39 is 202 Å². The van der Waals surface area contributed by atoms with Crippen LogP contribution in [0, 0.1) is 0 Å². The summed E-state index contributed by atoms with van der Waals surface area (Å²) in [5.41, 5.74) is -30.2. The lowest BCUT2D eigenvalue weighted by molar-refractivity contribution is -0.895. The zero-order valence-corrected chi connectivity index (χ0v) is 31.4. The van der Waals surface area contributed by atoms with E-state index in [2.05, 4.69) is 4.84 Å². The van der Waals surface area contributed by atoms with Crippen molar-refractivity contribution in [2.24, 2.45) is 0 Å². The van der Waals surface area contributed by atoms with Crippen molar-refractivity contribution in [3.8, 4) is 0 Å². The number of hydrogen-bond acceptors (Lipinski definition) is 1. The van der Waals surface area contributed by atoms with Gasteiger partial charge in [-0.15, -0.1) is 0 Å². The fourth-order valence-corrected chi connectivity index (χ4v) is 6.60. The maximum Gasteiger partial charge on any atom is 0.416 e. The summed E-state index contributed by atoms with van der Waals surface area (Å²) in [6.45, 7) is -0.797. The average molecular weight is 991 g/mol. The molecule has 0 saturated carbocycles. The number of nitrogens with zero attached hydrogens (tertiary/aromatic N) is 1. The third-order valence-electron chi connectivity index (χ3n) is 9.33. The van der Waals surface area contributed by atoms with Gasteiger partial charge in [-0.3, -0.25) is 0 Å². The fourth-order valence-electron chi connectivity index (χ4n) is 6.60. The van der Waals surface area contributed by atoms with Gasteiger partial charge in [-0.05, 0) is 24.3 Å². The SMILES string of the molecule is FC(F)(F)c1cc([B-](c2cc(C(F)(F)F)cc(C(F)(F)F)c2)(c2cc(C(F)(F)F)cc(C(F)(F)F)c2)c2cc(C(F)(F)F)cc(C(F)(F)F)c2)cc(C(F)(F)F)c1.FCO[n+]1ccccc1. The van der Waals surface area contributed by atoms with Crippen molar-refractivity contribution in [1.82, 2.24) is 0 Å². The Labute approximate surface area is 351 Å². The summed E-state index contributed by atoms with van der Waals surface area (Å²) in [5, 5.41) is 0. The summed E-state index contributed by atoms with van der Waals surface area (Å²) in [6, 6.07) is -3.46. The van der Waals surface area contributed by atoms with Crippen molar-refractivity contribution in [2.45, 2.75) is 49.4 Å². The van der Waals surface area contributed by atoms with Gasteiger partial charge in [0.25, 0.3) is 6.86 Å². The third-order valence-corrected chi connectivity index (χ3v) is 9.33. The Bertz CT molecular complexity index is 2050. The monoisotopic (exact) mass is 991 g/mol. The Morgan fingerprint density at radius 2 is 0.485 bits per heavy atom. The summed E-state index contributed by atoms with van der Waals surface area (Å²) in [6.07, 6.45) is -51.6. The van der Waals surface area contributed by atoms with Crippen molar-refractivity contribution in [2.75, 3.05) is 6.86 Å². The predicted molar refractivity (Wildman–Crippen MR) is 179 cm³/mol. The molecule has 0 N–H and O–H groups in total. The van der Waals surface area contributed by atoms with Crippen molar-refractivity contribution in [3.05, 3.63) is 148 Å². The van der Waals surface area contributed by atoms with E-state index in [1.807, 2.05) is 6.07 Å². The number of benzene rings is 4. The first-order valence-electron chi connectivity index (χ1n) is 17.2. The van der Waals surface area contributed by atoms with Gasteiger partial charge in [-0.2, -0.15) is 132 Å². The highest BCUT2D eigenvalue weighted by atomic mass is 19.4. The van der Waals surface area contributed by atoms with Gasteiger partial charge >= 0.3 is 49.4 Å². The molecule has 1 aromatic heterocycles. The van der Waals surface area contributed by atoms with Gasteiger partial charge in [-0.1, -0.05) is 54.6 Å². The van der Waals surface area contributed by atoms with E-state index in [-0.39, 0.29) is 0 Å². The van der Waals surface area contributed by atoms with Crippen LogP contribution in [-0.4, -0.2) is 13.0 Å².